The smallest absolute Gasteiger partial charge is 0.317 e. The number of hydrogen-bond donors (Lipinski definition) is 1. The van der Waals surface area contributed by atoms with E-state index in [9.17, 15) is 13.6 Å². The third-order valence-electron chi connectivity index (χ3n) is 4.39. The third kappa shape index (κ3) is 5.85. The van der Waals surface area contributed by atoms with Crippen molar-refractivity contribution in [1.82, 2.24) is 4.90 Å². The summed E-state index contributed by atoms with van der Waals surface area (Å²) in [4.78, 5) is 13.6. The average Bonchev–Trinajstić information content (AvgIpc) is 3.17. The monoisotopic (exact) mass is 417 g/mol. The Balaban J connectivity index is 1.81. The van der Waals surface area contributed by atoms with Gasteiger partial charge in [0.1, 0.15) is 12.4 Å². The van der Waals surface area contributed by atoms with Gasteiger partial charge in [0.15, 0.2) is 11.6 Å². The van der Waals surface area contributed by atoms with Gasteiger partial charge in [0.25, 0.3) is 0 Å². The molecule has 3 aromatic rings. The lowest BCUT2D eigenvalue weighted by atomic mass is 10.00. The number of nitrogens with zero attached hydrogens (tertiary/aromatic N) is 1. The molecule has 0 amide bonds. The fraction of sp³-hybridized carbons (Fsp3) is 0.227. The highest BCUT2D eigenvalue weighted by Crippen LogP contribution is 2.30. The second-order valence-electron chi connectivity index (χ2n) is 6.69. The van der Waals surface area contributed by atoms with Crippen LogP contribution in [0.4, 0.5) is 8.78 Å². The molecule has 0 aliphatic carbocycles. The van der Waals surface area contributed by atoms with Gasteiger partial charge in [0, 0.05) is 17.8 Å². The van der Waals surface area contributed by atoms with E-state index in [2.05, 4.69) is 0 Å². The summed E-state index contributed by atoms with van der Waals surface area (Å²) in [5, 5.41) is 10.8. The first-order valence-electron chi connectivity index (χ1n) is 9.06. The second-order valence-corrected chi connectivity index (χ2v) is 7.72. The highest BCUT2D eigenvalue weighted by molar-refractivity contribution is 7.09. The normalized spacial score (nSPS) is 11.0. The molecule has 0 saturated heterocycles. The van der Waals surface area contributed by atoms with E-state index < -0.39 is 17.6 Å². The van der Waals surface area contributed by atoms with Gasteiger partial charge in [-0.2, -0.15) is 0 Å². The molecule has 0 unspecified atom stereocenters. The van der Waals surface area contributed by atoms with Gasteiger partial charge in [-0.3, -0.25) is 9.69 Å². The number of thiophene rings is 1. The number of carbonyl (C=O) groups is 1. The summed E-state index contributed by atoms with van der Waals surface area (Å²) in [5.41, 5.74) is 2.28. The van der Waals surface area contributed by atoms with Crippen molar-refractivity contribution in [3.8, 4) is 16.9 Å². The van der Waals surface area contributed by atoms with E-state index in [0.29, 0.717) is 30.9 Å². The van der Waals surface area contributed by atoms with Crippen LogP contribution in [0.1, 0.15) is 10.4 Å². The van der Waals surface area contributed by atoms with E-state index in [-0.39, 0.29) is 6.54 Å². The van der Waals surface area contributed by atoms with Crippen molar-refractivity contribution in [2.45, 2.75) is 6.42 Å². The van der Waals surface area contributed by atoms with Crippen molar-refractivity contribution in [2.24, 2.45) is 0 Å². The molecule has 1 aromatic heterocycles. The molecule has 0 fully saturated rings. The molecule has 0 spiro atoms. The van der Waals surface area contributed by atoms with Crippen LogP contribution >= 0.6 is 11.3 Å². The summed E-state index contributed by atoms with van der Waals surface area (Å²) in [6.45, 7) is 0.752. The lowest BCUT2D eigenvalue weighted by Gasteiger charge is -2.17. The fourth-order valence-corrected chi connectivity index (χ4v) is 3.66. The van der Waals surface area contributed by atoms with Gasteiger partial charge in [-0.05, 0) is 59.4 Å². The Morgan fingerprint density at radius 1 is 1.10 bits per heavy atom. The first kappa shape index (κ1) is 21.0. The van der Waals surface area contributed by atoms with Crippen LogP contribution in [-0.2, 0) is 11.2 Å². The van der Waals surface area contributed by atoms with E-state index in [1.807, 2.05) is 29.6 Å². The number of carboxylic acids is 1. The summed E-state index contributed by atoms with van der Waals surface area (Å²) in [5.74, 6) is -1.96. The maximum Gasteiger partial charge on any atom is 0.317 e. The number of halogens is 2. The Kier molecular flexibility index (Phi) is 6.95. The first-order valence-corrected chi connectivity index (χ1v) is 9.94. The Labute approximate surface area is 172 Å². The molecule has 2 aromatic carbocycles. The summed E-state index contributed by atoms with van der Waals surface area (Å²) in [6.07, 6.45) is 0.648. The van der Waals surface area contributed by atoms with Gasteiger partial charge in [0.2, 0.25) is 0 Å². The molecule has 0 aliphatic heterocycles. The number of carboxylic acid groups (broad SMARTS) is 1. The zero-order valence-corrected chi connectivity index (χ0v) is 16.7. The molecule has 0 bridgehead atoms. The lowest BCUT2D eigenvalue weighted by molar-refractivity contribution is -0.138. The van der Waals surface area contributed by atoms with Crippen LogP contribution in [0, 0.1) is 11.6 Å². The number of likely N-dealkylation sites (N-methyl/N-ethyl adjacent to an activating group) is 1. The van der Waals surface area contributed by atoms with Gasteiger partial charge in [-0.15, -0.1) is 11.3 Å². The number of rotatable bonds is 9. The predicted molar refractivity (Wildman–Crippen MR) is 110 cm³/mol. The molecule has 0 atom stereocenters. The summed E-state index contributed by atoms with van der Waals surface area (Å²) in [7, 11) is 1.72. The first-order chi connectivity index (χ1) is 13.9. The molecule has 0 aliphatic rings. The second kappa shape index (κ2) is 9.62. The highest BCUT2D eigenvalue weighted by atomic mass is 32.1. The molecule has 0 radical (unpaired) electrons. The molecule has 1 N–H and O–H groups in total. The quantitative estimate of drug-likeness (QED) is 0.549. The zero-order chi connectivity index (χ0) is 20.8. The minimum atomic E-state index is -0.887. The molecule has 1 heterocycles. The number of benzene rings is 2. The van der Waals surface area contributed by atoms with Crippen LogP contribution in [0.5, 0.6) is 5.75 Å². The van der Waals surface area contributed by atoms with Gasteiger partial charge < -0.3 is 9.84 Å². The maximum absolute atomic E-state index is 13.6. The topological polar surface area (TPSA) is 49.8 Å². The van der Waals surface area contributed by atoms with Crippen molar-refractivity contribution < 1.29 is 23.4 Å². The Morgan fingerprint density at radius 2 is 1.86 bits per heavy atom. The van der Waals surface area contributed by atoms with Gasteiger partial charge in [0.05, 0.1) is 6.54 Å². The molecule has 7 heteroatoms. The van der Waals surface area contributed by atoms with Crippen LogP contribution in [-0.4, -0.2) is 42.7 Å². The van der Waals surface area contributed by atoms with E-state index in [0.717, 1.165) is 22.1 Å². The van der Waals surface area contributed by atoms with Gasteiger partial charge in [-0.1, -0.05) is 18.2 Å². The van der Waals surface area contributed by atoms with Gasteiger partial charge >= 0.3 is 5.97 Å². The molecule has 4 nitrogen and oxygen atoms in total. The van der Waals surface area contributed by atoms with Crippen molar-refractivity contribution in [1.29, 1.82) is 0 Å². The molecular weight excluding hydrogens is 396 g/mol. The van der Waals surface area contributed by atoms with Crippen LogP contribution in [0.2, 0.25) is 0 Å². The van der Waals surface area contributed by atoms with Gasteiger partial charge in [-0.25, -0.2) is 8.78 Å². The van der Waals surface area contributed by atoms with Crippen molar-refractivity contribution >= 4 is 17.3 Å². The van der Waals surface area contributed by atoms with E-state index in [1.165, 1.54) is 6.07 Å². The summed E-state index contributed by atoms with van der Waals surface area (Å²) in [6, 6.07) is 13.4. The molecular formula is C22H21F2NO3S. The van der Waals surface area contributed by atoms with E-state index >= 15 is 0 Å². The molecule has 29 heavy (non-hydrogen) atoms. The number of ether oxygens (including phenoxy) is 1. The summed E-state index contributed by atoms with van der Waals surface area (Å²) >= 11 is 1.63. The molecule has 0 saturated carbocycles. The Bertz CT molecular complexity index is 976. The van der Waals surface area contributed by atoms with Crippen molar-refractivity contribution in [3.05, 3.63) is 76.0 Å². The van der Waals surface area contributed by atoms with Crippen LogP contribution in [0.25, 0.3) is 11.1 Å². The Morgan fingerprint density at radius 3 is 2.55 bits per heavy atom. The standard InChI is InChI=1S/C22H21F2NO3S/c1-25(14-22(26)27)8-9-28-21-7-5-15(16-4-6-19(23)20(24)13-16)11-17(21)12-18-3-2-10-29-18/h2-7,10-11,13H,8-9,12,14H2,1H3,(H,26,27). The Hall–Kier alpha value is -2.77. The minimum Gasteiger partial charge on any atom is -0.492 e. The molecule has 3 rings (SSSR count). The molecule has 152 valence electrons. The third-order valence-corrected chi connectivity index (χ3v) is 5.27. The largest absolute Gasteiger partial charge is 0.492 e. The van der Waals surface area contributed by atoms with E-state index in [4.69, 9.17) is 9.84 Å². The lowest BCUT2D eigenvalue weighted by Crippen LogP contribution is -2.29. The fourth-order valence-electron chi connectivity index (χ4n) is 2.94. The number of aliphatic carboxylic acids is 1. The minimum absolute atomic E-state index is 0.0551. The SMILES string of the molecule is CN(CCOc1ccc(-c2ccc(F)c(F)c2)cc1Cc1cccs1)CC(=O)O. The van der Waals surface area contributed by atoms with Crippen LogP contribution < -0.4 is 4.74 Å². The van der Waals surface area contributed by atoms with Crippen LogP contribution in [0.3, 0.4) is 0 Å². The predicted octanol–water partition coefficient (Wildman–Crippen LogP) is 4.68. The average molecular weight is 417 g/mol. The van der Waals surface area contributed by atoms with Crippen molar-refractivity contribution in [3.63, 3.8) is 0 Å². The summed E-state index contributed by atoms with van der Waals surface area (Å²) < 4.78 is 32.8. The zero-order valence-electron chi connectivity index (χ0n) is 15.9. The van der Waals surface area contributed by atoms with E-state index in [1.54, 1.807) is 35.4 Å². The van der Waals surface area contributed by atoms with Crippen LogP contribution in [0.15, 0.2) is 53.9 Å². The highest BCUT2D eigenvalue weighted by Gasteiger charge is 2.11. The van der Waals surface area contributed by atoms with Crippen molar-refractivity contribution in [2.75, 3.05) is 26.7 Å². The maximum atomic E-state index is 13.6. The number of hydrogen-bond acceptors (Lipinski definition) is 4.